The lowest BCUT2D eigenvalue weighted by molar-refractivity contribution is 0.120. The molecule has 0 saturated carbocycles. The lowest BCUT2D eigenvalue weighted by Crippen LogP contribution is -2.36. The average Bonchev–Trinajstić information content (AvgIpc) is 2.38. The van der Waals surface area contributed by atoms with E-state index in [0.29, 0.717) is 5.15 Å². The normalized spacial score (nSPS) is 18.1. The van der Waals surface area contributed by atoms with Gasteiger partial charge in [-0.1, -0.05) is 11.6 Å². The van der Waals surface area contributed by atoms with Gasteiger partial charge in [0.25, 0.3) is 0 Å². The molecule has 0 N–H and O–H groups in total. The molecule has 0 bridgehead atoms. The Balaban J connectivity index is 1.76. The van der Waals surface area contributed by atoms with Crippen molar-refractivity contribution in [3.05, 3.63) is 23.2 Å². The largest absolute Gasteiger partial charge is 0.383 e. The summed E-state index contributed by atoms with van der Waals surface area (Å²) in [5, 5.41) is 0.539. The first kappa shape index (κ1) is 13.7. The van der Waals surface area contributed by atoms with Crippen molar-refractivity contribution in [1.29, 1.82) is 0 Å². The van der Waals surface area contributed by atoms with Crippen LogP contribution in [0.25, 0.3) is 0 Å². The molecule has 2 rings (SSSR count). The van der Waals surface area contributed by atoms with Gasteiger partial charge in [-0.25, -0.2) is 9.97 Å². The first-order chi connectivity index (χ1) is 8.78. The minimum atomic E-state index is 0.539. The molecule has 1 aliphatic rings. The number of likely N-dealkylation sites (tertiary alicyclic amines) is 1. The van der Waals surface area contributed by atoms with Crippen LogP contribution >= 0.6 is 11.6 Å². The van der Waals surface area contributed by atoms with E-state index in [1.165, 1.54) is 12.8 Å². The maximum Gasteiger partial charge on any atom is 0.132 e. The Morgan fingerprint density at radius 3 is 2.83 bits per heavy atom. The zero-order valence-electron chi connectivity index (χ0n) is 10.8. The zero-order chi connectivity index (χ0) is 12.8. The molecule has 1 saturated heterocycles. The minimum Gasteiger partial charge on any atom is -0.383 e. The average molecular weight is 270 g/mol. The number of hydrogen-bond acceptors (Lipinski definition) is 4. The van der Waals surface area contributed by atoms with Crippen LogP contribution in [-0.2, 0) is 11.2 Å². The molecule has 18 heavy (non-hydrogen) atoms. The van der Waals surface area contributed by atoms with E-state index in [0.717, 1.165) is 44.3 Å². The minimum absolute atomic E-state index is 0.539. The van der Waals surface area contributed by atoms with Crippen LogP contribution in [-0.4, -0.2) is 48.2 Å². The third-order valence-corrected chi connectivity index (χ3v) is 3.71. The number of piperidine rings is 1. The van der Waals surface area contributed by atoms with Gasteiger partial charge in [-0.2, -0.15) is 0 Å². The number of rotatable bonds is 5. The van der Waals surface area contributed by atoms with Gasteiger partial charge >= 0.3 is 0 Å². The van der Waals surface area contributed by atoms with Crippen molar-refractivity contribution in [1.82, 2.24) is 14.9 Å². The van der Waals surface area contributed by atoms with Gasteiger partial charge in [-0.3, -0.25) is 0 Å². The number of hydrogen-bond donors (Lipinski definition) is 0. The van der Waals surface area contributed by atoms with Crippen LogP contribution in [0.2, 0.25) is 5.15 Å². The van der Waals surface area contributed by atoms with Crippen LogP contribution in [0.3, 0.4) is 0 Å². The van der Waals surface area contributed by atoms with E-state index in [2.05, 4.69) is 14.9 Å². The molecule has 0 radical (unpaired) electrons. The number of ether oxygens (including phenoxy) is 1. The molecule has 4 nitrogen and oxygen atoms in total. The van der Waals surface area contributed by atoms with Gasteiger partial charge in [-0.15, -0.1) is 0 Å². The number of nitrogens with zero attached hydrogens (tertiary/aromatic N) is 3. The van der Waals surface area contributed by atoms with Crippen molar-refractivity contribution in [2.75, 3.05) is 33.4 Å². The highest BCUT2D eigenvalue weighted by Gasteiger charge is 2.19. The van der Waals surface area contributed by atoms with Crippen molar-refractivity contribution in [2.45, 2.75) is 19.3 Å². The second-order valence-corrected chi connectivity index (χ2v) is 5.20. The summed E-state index contributed by atoms with van der Waals surface area (Å²) in [5.74, 6) is 0.717. The van der Waals surface area contributed by atoms with Gasteiger partial charge < -0.3 is 9.64 Å². The molecule has 0 amide bonds. The molecular weight excluding hydrogens is 250 g/mol. The van der Waals surface area contributed by atoms with Crippen molar-refractivity contribution < 1.29 is 4.74 Å². The van der Waals surface area contributed by atoms with Gasteiger partial charge in [0.15, 0.2) is 0 Å². The predicted octanol–water partition coefficient (Wildman–Crippen LogP) is 2.03. The summed E-state index contributed by atoms with van der Waals surface area (Å²) in [6.07, 6.45) is 5.02. The summed E-state index contributed by atoms with van der Waals surface area (Å²) in [4.78, 5) is 10.6. The van der Waals surface area contributed by atoms with Crippen LogP contribution in [0.15, 0.2) is 12.4 Å². The van der Waals surface area contributed by atoms with E-state index in [4.69, 9.17) is 16.3 Å². The molecule has 5 heteroatoms. The van der Waals surface area contributed by atoms with E-state index in [9.17, 15) is 0 Å². The number of aromatic nitrogens is 2. The highest BCUT2D eigenvalue weighted by molar-refractivity contribution is 6.29. The molecule has 1 aromatic heterocycles. The second kappa shape index (κ2) is 7.02. The van der Waals surface area contributed by atoms with Crippen molar-refractivity contribution in [3.8, 4) is 0 Å². The van der Waals surface area contributed by atoms with E-state index in [1.807, 2.05) is 6.07 Å². The van der Waals surface area contributed by atoms with Gasteiger partial charge in [0.1, 0.15) is 11.5 Å². The summed E-state index contributed by atoms with van der Waals surface area (Å²) in [5.41, 5.74) is 1.06. The second-order valence-electron chi connectivity index (χ2n) is 4.81. The van der Waals surface area contributed by atoms with Crippen molar-refractivity contribution >= 4 is 11.6 Å². The van der Waals surface area contributed by atoms with E-state index < -0.39 is 0 Å². The Morgan fingerprint density at radius 1 is 1.39 bits per heavy atom. The van der Waals surface area contributed by atoms with Gasteiger partial charge in [-0.05, 0) is 44.3 Å². The molecule has 1 fully saturated rings. The van der Waals surface area contributed by atoms with Crippen LogP contribution in [0.1, 0.15) is 18.5 Å². The predicted molar refractivity (Wildman–Crippen MR) is 71.8 cm³/mol. The molecule has 100 valence electrons. The molecule has 1 aliphatic heterocycles. The fourth-order valence-electron chi connectivity index (χ4n) is 2.41. The summed E-state index contributed by atoms with van der Waals surface area (Å²) >= 11 is 5.87. The Hall–Kier alpha value is -0.710. The van der Waals surface area contributed by atoms with Crippen LogP contribution in [0.4, 0.5) is 0 Å². The Morgan fingerprint density at radius 2 is 2.17 bits per heavy atom. The third-order valence-electron chi connectivity index (χ3n) is 3.51. The van der Waals surface area contributed by atoms with Crippen molar-refractivity contribution in [2.24, 2.45) is 5.92 Å². The molecule has 0 aliphatic carbocycles. The molecule has 0 spiro atoms. The molecule has 0 atom stereocenters. The maximum absolute atomic E-state index is 5.87. The lowest BCUT2D eigenvalue weighted by Gasteiger charge is -2.31. The van der Waals surface area contributed by atoms with Crippen molar-refractivity contribution in [3.63, 3.8) is 0 Å². The van der Waals surface area contributed by atoms with Gasteiger partial charge in [0, 0.05) is 19.3 Å². The van der Waals surface area contributed by atoms with Crippen LogP contribution in [0.5, 0.6) is 0 Å². The monoisotopic (exact) mass is 269 g/mol. The van der Waals surface area contributed by atoms with Gasteiger partial charge in [0.05, 0.1) is 6.61 Å². The van der Waals surface area contributed by atoms with E-state index in [-0.39, 0.29) is 0 Å². The molecular formula is C13H20ClN3O. The molecule has 0 aromatic carbocycles. The summed E-state index contributed by atoms with van der Waals surface area (Å²) in [6.45, 7) is 4.19. The van der Waals surface area contributed by atoms with Crippen LogP contribution in [0, 0.1) is 5.92 Å². The number of halogens is 1. The molecule has 2 heterocycles. The Bertz CT molecular complexity index is 367. The summed E-state index contributed by atoms with van der Waals surface area (Å²) in [6, 6.07) is 1.87. The third kappa shape index (κ3) is 4.19. The highest BCUT2D eigenvalue weighted by Crippen LogP contribution is 2.21. The van der Waals surface area contributed by atoms with Gasteiger partial charge in [0.2, 0.25) is 0 Å². The standard InChI is InChI=1S/C13H20ClN3O/c1-18-7-6-17-4-2-11(3-5-17)8-12-9-13(14)16-10-15-12/h9-11H,2-8H2,1H3. The Labute approximate surface area is 113 Å². The summed E-state index contributed by atoms with van der Waals surface area (Å²) in [7, 11) is 1.76. The first-order valence-electron chi connectivity index (χ1n) is 6.45. The zero-order valence-corrected chi connectivity index (χ0v) is 11.6. The quantitative estimate of drug-likeness (QED) is 0.767. The first-order valence-corrected chi connectivity index (χ1v) is 6.83. The smallest absolute Gasteiger partial charge is 0.132 e. The fourth-order valence-corrected chi connectivity index (χ4v) is 2.58. The molecule has 1 aromatic rings. The van der Waals surface area contributed by atoms with Crippen LogP contribution < -0.4 is 0 Å². The fraction of sp³-hybridized carbons (Fsp3) is 0.692. The van der Waals surface area contributed by atoms with E-state index >= 15 is 0 Å². The molecule has 0 unspecified atom stereocenters. The van der Waals surface area contributed by atoms with E-state index in [1.54, 1.807) is 13.4 Å². The summed E-state index contributed by atoms with van der Waals surface area (Å²) < 4.78 is 5.11. The number of methoxy groups -OCH3 is 1. The maximum atomic E-state index is 5.87. The SMILES string of the molecule is COCCN1CCC(Cc2cc(Cl)ncn2)CC1. The lowest BCUT2D eigenvalue weighted by atomic mass is 9.92. The Kier molecular flexibility index (Phi) is 5.35. The highest BCUT2D eigenvalue weighted by atomic mass is 35.5. The topological polar surface area (TPSA) is 38.2 Å².